The lowest BCUT2D eigenvalue weighted by Gasteiger charge is -2.23. The van der Waals surface area contributed by atoms with E-state index in [0.717, 1.165) is 0 Å². The number of sulfone groups is 1. The third-order valence-electron chi connectivity index (χ3n) is 5.15. The van der Waals surface area contributed by atoms with Crippen LogP contribution in [0.1, 0.15) is 12.5 Å². The van der Waals surface area contributed by atoms with Gasteiger partial charge in [-0.1, -0.05) is 12.1 Å². The number of ether oxygens (including phenoxy) is 1. The van der Waals surface area contributed by atoms with Gasteiger partial charge in [0.15, 0.2) is 9.84 Å². The molecule has 8 heteroatoms. The van der Waals surface area contributed by atoms with Crippen molar-refractivity contribution in [1.29, 1.82) is 0 Å². The molecule has 148 valence electrons. The van der Waals surface area contributed by atoms with Gasteiger partial charge in [0.2, 0.25) is 0 Å². The fraction of sp³-hybridized carbons (Fsp3) is 0.350. The molecule has 0 spiro atoms. The maximum Gasteiger partial charge on any atom is 0.325 e. The standard InChI is InChI=1S/C20H21FN2O4S/c1-2-27-17-8-6-16(7-9-17)23-19-13-28(25,26)12-18(19)22(20(23)24)11-14-4-3-5-15(21)10-14/h3-10,18-19H,2,11-13H2,1H3/t18-,19-/m0/s1. The highest BCUT2D eigenvalue weighted by atomic mass is 32.2. The van der Waals surface area contributed by atoms with Crippen LogP contribution in [-0.4, -0.2) is 49.5 Å². The van der Waals surface area contributed by atoms with Crippen LogP contribution in [0.4, 0.5) is 14.9 Å². The van der Waals surface area contributed by atoms with Crippen LogP contribution >= 0.6 is 0 Å². The second-order valence-electron chi connectivity index (χ2n) is 7.05. The molecule has 0 radical (unpaired) electrons. The Hall–Kier alpha value is -2.61. The molecular weight excluding hydrogens is 383 g/mol. The summed E-state index contributed by atoms with van der Waals surface area (Å²) in [5.74, 6) is 0.149. The van der Waals surface area contributed by atoms with Gasteiger partial charge < -0.3 is 9.64 Å². The Balaban J connectivity index is 1.66. The molecule has 2 saturated heterocycles. The number of anilines is 1. The van der Waals surface area contributed by atoms with Gasteiger partial charge in [-0.25, -0.2) is 17.6 Å². The summed E-state index contributed by atoms with van der Waals surface area (Å²) in [5, 5.41) is 0. The number of carbonyl (C=O) groups excluding carboxylic acids is 1. The summed E-state index contributed by atoms with van der Waals surface area (Å²) in [6, 6.07) is 11.9. The highest BCUT2D eigenvalue weighted by molar-refractivity contribution is 7.91. The maximum absolute atomic E-state index is 13.6. The third kappa shape index (κ3) is 3.44. The number of nitrogens with zero attached hydrogens (tertiary/aromatic N) is 2. The molecule has 2 aromatic carbocycles. The van der Waals surface area contributed by atoms with E-state index >= 15 is 0 Å². The van der Waals surface area contributed by atoms with Gasteiger partial charge in [0, 0.05) is 12.2 Å². The quantitative estimate of drug-likeness (QED) is 0.719. The van der Waals surface area contributed by atoms with Gasteiger partial charge in [0.05, 0.1) is 30.2 Å². The van der Waals surface area contributed by atoms with E-state index in [1.54, 1.807) is 46.2 Å². The Morgan fingerprint density at radius 3 is 2.50 bits per heavy atom. The van der Waals surface area contributed by atoms with Crippen LogP contribution in [0.15, 0.2) is 48.5 Å². The second-order valence-corrected chi connectivity index (χ2v) is 9.20. The Bertz CT molecular complexity index is 994. The monoisotopic (exact) mass is 404 g/mol. The van der Waals surface area contributed by atoms with Gasteiger partial charge in [0.1, 0.15) is 11.6 Å². The first-order valence-corrected chi connectivity index (χ1v) is 11.0. The molecule has 2 aromatic rings. The van der Waals surface area contributed by atoms with Crippen LogP contribution in [0, 0.1) is 5.82 Å². The van der Waals surface area contributed by atoms with E-state index in [-0.39, 0.29) is 29.9 Å². The van der Waals surface area contributed by atoms with Crippen LogP contribution in [0.2, 0.25) is 0 Å². The molecule has 2 aliphatic rings. The van der Waals surface area contributed by atoms with Crippen LogP contribution in [-0.2, 0) is 16.4 Å². The van der Waals surface area contributed by atoms with Gasteiger partial charge in [-0.2, -0.15) is 0 Å². The topological polar surface area (TPSA) is 66.9 Å². The smallest absolute Gasteiger partial charge is 0.325 e. The number of hydrogen-bond donors (Lipinski definition) is 0. The van der Waals surface area contributed by atoms with Crippen molar-refractivity contribution in [1.82, 2.24) is 4.90 Å². The number of rotatable bonds is 5. The summed E-state index contributed by atoms with van der Waals surface area (Å²) in [5.41, 5.74) is 1.26. The van der Waals surface area contributed by atoms with Crippen molar-refractivity contribution in [2.45, 2.75) is 25.6 Å². The summed E-state index contributed by atoms with van der Waals surface area (Å²) < 4.78 is 43.5. The number of halogens is 1. The summed E-state index contributed by atoms with van der Waals surface area (Å²) >= 11 is 0. The molecule has 0 bridgehead atoms. The highest BCUT2D eigenvalue weighted by Gasteiger charge is 2.53. The molecule has 0 aliphatic carbocycles. The van der Waals surface area contributed by atoms with Gasteiger partial charge in [-0.15, -0.1) is 0 Å². The number of benzene rings is 2. The number of amides is 2. The number of carbonyl (C=O) groups is 1. The van der Waals surface area contributed by atoms with Crippen LogP contribution < -0.4 is 9.64 Å². The highest BCUT2D eigenvalue weighted by Crippen LogP contribution is 2.36. The van der Waals surface area contributed by atoms with Crippen molar-refractivity contribution in [2.75, 3.05) is 23.0 Å². The minimum atomic E-state index is -3.25. The van der Waals surface area contributed by atoms with Gasteiger partial charge >= 0.3 is 6.03 Å². The van der Waals surface area contributed by atoms with Gasteiger partial charge in [-0.05, 0) is 48.9 Å². The van der Waals surface area contributed by atoms with Crippen LogP contribution in [0.25, 0.3) is 0 Å². The van der Waals surface area contributed by atoms with Crippen LogP contribution in [0.3, 0.4) is 0 Å². The second kappa shape index (κ2) is 7.09. The molecule has 0 N–H and O–H groups in total. The molecule has 4 rings (SSSR count). The molecule has 0 unspecified atom stereocenters. The summed E-state index contributed by atoms with van der Waals surface area (Å²) in [6.45, 7) is 2.59. The zero-order valence-corrected chi connectivity index (χ0v) is 16.2. The van der Waals surface area contributed by atoms with Crippen molar-refractivity contribution in [3.63, 3.8) is 0 Å². The van der Waals surface area contributed by atoms with E-state index in [9.17, 15) is 17.6 Å². The van der Waals surface area contributed by atoms with Crippen molar-refractivity contribution in [3.05, 3.63) is 59.9 Å². The molecule has 2 atom stereocenters. The fourth-order valence-corrected chi connectivity index (χ4v) is 5.92. The van der Waals surface area contributed by atoms with E-state index in [2.05, 4.69) is 0 Å². The Labute approximate surface area is 163 Å². The van der Waals surface area contributed by atoms with E-state index < -0.39 is 21.9 Å². The van der Waals surface area contributed by atoms with Gasteiger partial charge in [0.25, 0.3) is 0 Å². The maximum atomic E-state index is 13.6. The molecule has 0 saturated carbocycles. The predicted octanol–water partition coefficient (Wildman–Crippen LogP) is 2.83. The summed E-state index contributed by atoms with van der Waals surface area (Å²) in [4.78, 5) is 16.3. The van der Waals surface area contributed by atoms with Crippen molar-refractivity contribution in [2.24, 2.45) is 0 Å². The van der Waals surface area contributed by atoms with E-state index in [4.69, 9.17) is 4.74 Å². The average molecular weight is 404 g/mol. The number of urea groups is 1. The van der Waals surface area contributed by atoms with E-state index in [1.807, 2.05) is 6.92 Å². The first kappa shape index (κ1) is 18.7. The lowest BCUT2D eigenvalue weighted by Crippen LogP contribution is -2.37. The molecule has 2 heterocycles. The molecule has 2 aliphatic heterocycles. The SMILES string of the molecule is CCOc1ccc(N2C(=O)N(Cc3cccc(F)c3)[C@H]3CS(=O)(=O)C[C@@H]32)cc1. The molecule has 2 amide bonds. The van der Waals surface area contributed by atoms with Crippen molar-refractivity contribution < 1.29 is 22.3 Å². The molecule has 6 nitrogen and oxygen atoms in total. The minimum absolute atomic E-state index is 0.0731. The van der Waals surface area contributed by atoms with E-state index in [1.165, 1.54) is 12.1 Å². The minimum Gasteiger partial charge on any atom is -0.494 e. The largest absolute Gasteiger partial charge is 0.494 e. The molecular formula is C20H21FN2O4S. The van der Waals surface area contributed by atoms with Crippen LogP contribution in [0.5, 0.6) is 5.75 Å². The fourth-order valence-electron chi connectivity index (χ4n) is 3.97. The first-order valence-electron chi connectivity index (χ1n) is 9.15. The Morgan fingerprint density at radius 1 is 1.11 bits per heavy atom. The van der Waals surface area contributed by atoms with E-state index in [0.29, 0.717) is 23.6 Å². The lowest BCUT2D eigenvalue weighted by atomic mass is 10.1. The molecule has 28 heavy (non-hydrogen) atoms. The Kier molecular flexibility index (Phi) is 4.74. The first-order chi connectivity index (χ1) is 13.4. The molecule has 2 fully saturated rings. The third-order valence-corrected chi connectivity index (χ3v) is 6.84. The summed E-state index contributed by atoms with van der Waals surface area (Å²) in [7, 11) is -3.25. The average Bonchev–Trinajstić information content (AvgIpc) is 3.07. The lowest BCUT2D eigenvalue weighted by molar-refractivity contribution is 0.205. The zero-order chi connectivity index (χ0) is 19.9. The predicted molar refractivity (Wildman–Crippen MR) is 104 cm³/mol. The van der Waals surface area contributed by atoms with Crippen molar-refractivity contribution in [3.8, 4) is 5.75 Å². The zero-order valence-electron chi connectivity index (χ0n) is 15.4. The van der Waals surface area contributed by atoms with Gasteiger partial charge in [-0.3, -0.25) is 4.90 Å². The van der Waals surface area contributed by atoms with Crippen molar-refractivity contribution >= 4 is 21.6 Å². The summed E-state index contributed by atoms with van der Waals surface area (Å²) in [6.07, 6.45) is 0. The normalized spacial score (nSPS) is 23.1. The number of hydrogen-bond acceptors (Lipinski definition) is 4. The Morgan fingerprint density at radius 2 is 1.82 bits per heavy atom. The molecule has 0 aromatic heterocycles. The number of fused-ring (bicyclic) bond motifs is 1.